The summed E-state index contributed by atoms with van der Waals surface area (Å²) < 4.78 is 23.3. The fourth-order valence-electron chi connectivity index (χ4n) is 13.4. The van der Waals surface area contributed by atoms with E-state index in [9.17, 15) is 10.5 Å². The van der Waals surface area contributed by atoms with Crippen LogP contribution in [0.5, 0.6) is 0 Å². The van der Waals surface area contributed by atoms with E-state index in [1.54, 1.807) is 0 Å². The molecule has 0 amide bonds. The van der Waals surface area contributed by atoms with Crippen LogP contribution in [0.15, 0.2) is 215 Å². The zero-order chi connectivity index (χ0) is 51.7. The molecule has 8 heteroatoms. The first-order valence-corrected chi connectivity index (χ1v) is 26.2. The van der Waals surface area contributed by atoms with Crippen LogP contribution in [0, 0.1) is 36.5 Å². The van der Waals surface area contributed by atoms with Crippen LogP contribution >= 0.6 is 0 Å². The molecule has 362 valence electrons. The molecule has 0 aliphatic rings. The number of nitrogens with zero attached hydrogens (tertiary/aromatic N) is 6. The number of benzene rings is 11. The predicted octanol–water partition coefficient (Wildman–Crippen LogP) is 18.2. The summed E-state index contributed by atoms with van der Waals surface area (Å²) in [6, 6.07) is 77.7. The van der Waals surface area contributed by atoms with E-state index in [1.807, 2.05) is 36.4 Å². The molecule has 0 unspecified atom stereocenters. The molecule has 0 aliphatic heterocycles. The van der Waals surface area contributed by atoms with Gasteiger partial charge >= 0.3 is 0 Å². The van der Waals surface area contributed by atoms with Crippen LogP contribution in [-0.4, -0.2) is 18.3 Å². The normalized spacial score (nSPS) is 12.2. The Morgan fingerprint density at radius 3 is 0.987 bits per heavy atom. The van der Waals surface area contributed by atoms with Gasteiger partial charge in [0, 0.05) is 64.6 Å². The maximum atomic E-state index is 12.5. The van der Waals surface area contributed by atoms with Crippen LogP contribution in [-0.2, 0) is 0 Å². The second-order valence-corrected chi connectivity index (χ2v) is 20.7. The van der Waals surface area contributed by atoms with Gasteiger partial charge in [0.1, 0.15) is 23.3 Å². The maximum absolute atomic E-state index is 12.5. The van der Waals surface area contributed by atoms with E-state index in [2.05, 4.69) is 214 Å². The molecule has 6 heterocycles. The molecule has 0 saturated carbocycles. The Labute approximate surface area is 443 Å². The van der Waals surface area contributed by atoms with E-state index in [4.69, 9.17) is 8.83 Å². The predicted molar refractivity (Wildman–Crippen MR) is 317 cm³/mol. The molecule has 0 saturated heterocycles. The van der Waals surface area contributed by atoms with E-state index in [1.165, 1.54) is 0 Å². The number of aryl methyl sites for hydroxylation is 2. The largest absolute Gasteiger partial charge is 0.454 e. The summed E-state index contributed by atoms with van der Waals surface area (Å²) in [4.78, 5) is 0. The Kier molecular flexibility index (Phi) is 8.40. The van der Waals surface area contributed by atoms with Crippen LogP contribution in [0.25, 0.3) is 154 Å². The van der Waals surface area contributed by atoms with Gasteiger partial charge in [-0.3, -0.25) is 0 Å². The molecule has 0 aliphatic carbocycles. The van der Waals surface area contributed by atoms with Crippen molar-refractivity contribution in [1.82, 2.24) is 18.3 Å². The monoisotopic (exact) mass is 996 g/mol. The summed E-state index contributed by atoms with van der Waals surface area (Å²) in [6.07, 6.45) is 0. The lowest BCUT2D eigenvalue weighted by molar-refractivity contribution is 0.670. The molecule has 0 atom stereocenters. The lowest BCUT2D eigenvalue weighted by atomic mass is 9.98. The van der Waals surface area contributed by atoms with Gasteiger partial charge in [-0.15, -0.1) is 0 Å². The quantitative estimate of drug-likeness (QED) is 0.176. The van der Waals surface area contributed by atoms with Crippen LogP contribution in [0.4, 0.5) is 0 Å². The van der Waals surface area contributed by atoms with Gasteiger partial charge in [0.15, 0.2) is 11.2 Å². The fraction of sp³-hybridized carbons (Fsp3) is 0.0286. The summed E-state index contributed by atoms with van der Waals surface area (Å²) in [5, 5.41) is 37.0. The van der Waals surface area contributed by atoms with Crippen molar-refractivity contribution in [2.75, 3.05) is 0 Å². The van der Waals surface area contributed by atoms with Gasteiger partial charge in [0.2, 0.25) is 0 Å². The van der Waals surface area contributed by atoms with Crippen molar-refractivity contribution >= 4 is 131 Å². The van der Waals surface area contributed by atoms with E-state index >= 15 is 0 Å². The molecule has 0 bridgehead atoms. The molecule has 8 nitrogen and oxygen atoms in total. The van der Waals surface area contributed by atoms with Gasteiger partial charge in [-0.1, -0.05) is 145 Å². The zero-order valence-electron chi connectivity index (χ0n) is 42.1. The smallest absolute Gasteiger partial charge is 0.160 e. The van der Waals surface area contributed by atoms with Gasteiger partial charge in [-0.2, -0.15) is 10.5 Å². The van der Waals surface area contributed by atoms with Crippen molar-refractivity contribution in [3.63, 3.8) is 0 Å². The lowest BCUT2D eigenvalue weighted by Gasteiger charge is -2.27. The first-order chi connectivity index (χ1) is 38.5. The number of furan rings is 2. The Hall–Kier alpha value is -10.8. The Bertz CT molecular complexity index is 5180. The molecule has 78 heavy (non-hydrogen) atoms. The molecule has 17 rings (SSSR count). The zero-order valence-corrected chi connectivity index (χ0v) is 42.1. The Morgan fingerprint density at radius 2 is 0.615 bits per heavy atom. The molecule has 0 radical (unpaired) electrons. The standard InChI is InChI=1S/C70H40N6O2/c1-39-27-33-59-51(35-39)47-29-31-49-45-19-7-13-25-61(45)77-69(49)65(47)75(59)63-53(37-71)54(38-72)64(76-60-34-28-40(2)36-52(60)48-30-32-50-46-20-8-14-26-62(46)78-70(50)66(48)76)68(74-57-23-11-5-17-43(57)44-18-6-12-24-58(44)74)67(63)73-55-21-9-3-15-41(55)42-16-4-10-22-56(42)73/h3-36H,1-2H3. The second-order valence-electron chi connectivity index (χ2n) is 20.7. The second kappa shape index (κ2) is 15.4. The summed E-state index contributed by atoms with van der Waals surface area (Å²) in [7, 11) is 0. The van der Waals surface area contributed by atoms with Crippen molar-refractivity contribution < 1.29 is 8.83 Å². The number of rotatable bonds is 4. The third kappa shape index (κ3) is 5.39. The van der Waals surface area contributed by atoms with Gasteiger partial charge in [-0.05, 0) is 86.6 Å². The molecule has 0 spiro atoms. The van der Waals surface area contributed by atoms with E-state index in [0.29, 0.717) is 33.9 Å². The number of hydrogen-bond acceptors (Lipinski definition) is 4. The van der Waals surface area contributed by atoms with Gasteiger partial charge in [0.25, 0.3) is 0 Å². The van der Waals surface area contributed by atoms with Gasteiger partial charge < -0.3 is 27.1 Å². The van der Waals surface area contributed by atoms with Crippen molar-refractivity contribution in [3.8, 4) is 34.9 Å². The Morgan fingerprint density at radius 1 is 0.295 bits per heavy atom. The van der Waals surface area contributed by atoms with Crippen molar-refractivity contribution in [3.05, 3.63) is 229 Å². The minimum atomic E-state index is 0.209. The maximum Gasteiger partial charge on any atom is 0.160 e. The number of aromatic nitrogens is 4. The molecule has 0 fully saturated rings. The van der Waals surface area contributed by atoms with Crippen molar-refractivity contribution in [2.24, 2.45) is 0 Å². The number of fused-ring (bicyclic) bond motifs is 20. The third-order valence-electron chi connectivity index (χ3n) is 16.5. The minimum Gasteiger partial charge on any atom is -0.454 e. The first-order valence-electron chi connectivity index (χ1n) is 26.2. The highest BCUT2D eigenvalue weighted by molar-refractivity contribution is 6.24. The van der Waals surface area contributed by atoms with Crippen molar-refractivity contribution in [1.29, 1.82) is 10.5 Å². The van der Waals surface area contributed by atoms with Crippen LogP contribution in [0.1, 0.15) is 22.3 Å². The minimum absolute atomic E-state index is 0.209. The van der Waals surface area contributed by atoms with Gasteiger partial charge in [-0.25, -0.2) is 0 Å². The SMILES string of the molecule is Cc1ccc2c(c1)c1ccc3c4ccccc4oc3c1n2-c1c(C#N)c(C#N)c(-n2c3ccc(C)cc3c3ccc4c5ccccc5oc4c32)c(-n2c3ccccc3c3ccccc32)c1-n1c2ccccc2c2ccccc21. The topological polar surface area (TPSA) is 93.6 Å². The summed E-state index contributed by atoms with van der Waals surface area (Å²) in [6.45, 7) is 4.23. The van der Waals surface area contributed by atoms with Gasteiger partial charge in [0.05, 0.1) is 78.0 Å². The fourth-order valence-corrected chi connectivity index (χ4v) is 13.4. The molecular weight excluding hydrogens is 957 g/mol. The number of hydrogen-bond donors (Lipinski definition) is 0. The molecule has 6 aromatic heterocycles. The average molecular weight is 997 g/mol. The lowest BCUT2D eigenvalue weighted by Crippen LogP contribution is -2.17. The molecule has 11 aromatic carbocycles. The molecular formula is C70H40N6O2. The number of para-hydroxylation sites is 6. The first kappa shape index (κ1) is 42.5. The van der Waals surface area contributed by atoms with E-state index < -0.39 is 0 Å². The summed E-state index contributed by atoms with van der Waals surface area (Å²) in [5.41, 5.74) is 15.0. The average Bonchev–Trinajstić information content (AvgIpc) is 4.51. The van der Waals surface area contributed by atoms with E-state index in [-0.39, 0.29) is 11.1 Å². The van der Waals surface area contributed by atoms with Crippen molar-refractivity contribution in [2.45, 2.75) is 13.8 Å². The summed E-state index contributed by atoms with van der Waals surface area (Å²) in [5.74, 6) is 0. The summed E-state index contributed by atoms with van der Waals surface area (Å²) >= 11 is 0. The number of nitriles is 2. The van der Waals surface area contributed by atoms with Crippen LogP contribution < -0.4 is 0 Å². The molecule has 0 N–H and O–H groups in total. The van der Waals surface area contributed by atoms with Crippen LogP contribution in [0.2, 0.25) is 0 Å². The third-order valence-corrected chi connectivity index (χ3v) is 16.5. The van der Waals surface area contributed by atoms with E-state index in [0.717, 1.165) is 131 Å². The van der Waals surface area contributed by atoms with Crippen LogP contribution in [0.3, 0.4) is 0 Å². The highest BCUT2D eigenvalue weighted by Gasteiger charge is 2.36. The highest BCUT2D eigenvalue weighted by Crippen LogP contribution is 2.51. The molecule has 17 aromatic rings. The highest BCUT2D eigenvalue weighted by atomic mass is 16.3. The Balaban J connectivity index is 1.23.